The lowest BCUT2D eigenvalue weighted by molar-refractivity contribution is -0.306. The molecule has 1 aliphatic rings. The van der Waals surface area contributed by atoms with E-state index in [-0.39, 0.29) is 29.4 Å². The topological polar surface area (TPSA) is 60.4 Å². The molecule has 0 fully saturated rings. The smallest absolute Gasteiger partial charge is 0.254 e. The first kappa shape index (κ1) is 13.5. The maximum atomic E-state index is 13.9. The summed E-state index contributed by atoms with van der Waals surface area (Å²) in [5.41, 5.74) is 0.434. The molecule has 1 atom stereocenters. The highest BCUT2D eigenvalue weighted by molar-refractivity contribution is 5.99. The molecule has 0 saturated heterocycles. The predicted molar refractivity (Wildman–Crippen MR) is 64.6 cm³/mol. The molecule has 4 nitrogen and oxygen atoms in total. The van der Waals surface area contributed by atoms with E-state index in [0.29, 0.717) is 6.54 Å². The lowest BCUT2D eigenvalue weighted by atomic mass is 10.0. The standard InChI is InChI=1S/C14H16FNO3/c1-8(2)7-16-11(6-12(17)18)13-9(14(16)19)4-3-5-10(13)15/h3-5,8,11H,6-7H2,1-2H3,(H,17,18)/p-1. The molecule has 0 bridgehead atoms. The van der Waals surface area contributed by atoms with E-state index < -0.39 is 17.8 Å². The van der Waals surface area contributed by atoms with Crippen molar-refractivity contribution in [2.24, 2.45) is 5.92 Å². The van der Waals surface area contributed by atoms with Gasteiger partial charge < -0.3 is 14.8 Å². The Bertz CT molecular complexity index is 527. The van der Waals surface area contributed by atoms with Gasteiger partial charge in [-0.05, 0) is 18.1 Å². The number of nitrogens with zero attached hydrogens (tertiary/aromatic N) is 1. The van der Waals surface area contributed by atoms with Crippen molar-refractivity contribution in [1.82, 2.24) is 4.90 Å². The summed E-state index contributed by atoms with van der Waals surface area (Å²) in [5, 5.41) is 10.8. The molecule has 0 saturated carbocycles. The minimum atomic E-state index is -1.29. The highest BCUT2D eigenvalue weighted by Crippen LogP contribution is 2.37. The zero-order valence-electron chi connectivity index (χ0n) is 10.9. The molecule has 19 heavy (non-hydrogen) atoms. The SMILES string of the molecule is CC(C)CN1C(=O)c2cccc(F)c2C1CC(=O)[O-]. The Morgan fingerprint density at radius 3 is 2.74 bits per heavy atom. The minimum Gasteiger partial charge on any atom is -0.550 e. The molecule has 2 rings (SSSR count). The van der Waals surface area contributed by atoms with E-state index in [1.54, 1.807) is 0 Å². The number of carbonyl (C=O) groups excluding carboxylic acids is 2. The molecule has 5 heteroatoms. The Hall–Kier alpha value is -1.91. The summed E-state index contributed by atoms with van der Waals surface area (Å²) in [5.74, 6) is -1.97. The van der Waals surface area contributed by atoms with Crippen molar-refractivity contribution in [2.45, 2.75) is 26.3 Å². The number of carboxylic acids is 1. The number of hydrogen-bond donors (Lipinski definition) is 0. The Balaban J connectivity index is 2.45. The molecule has 0 N–H and O–H groups in total. The molecule has 0 aromatic heterocycles. The van der Waals surface area contributed by atoms with E-state index >= 15 is 0 Å². The third-order valence-electron chi connectivity index (χ3n) is 3.18. The van der Waals surface area contributed by atoms with Crippen LogP contribution in [0.4, 0.5) is 4.39 Å². The second-order valence-corrected chi connectivity index (χ2v) is 5.14. The van der Waals surface area contributed by atoms with Crippen LogP contribution in [0, 0.1) is 11.7 Å². The van der Waals surface area contributed by atoms with Gasteiger partial charge in [-0.25, -0.2) is 4.39 Å². The number of fused-ring (bicyclic) bond motifs is 1. The van der Waals surface area contributed by atoms with Crippen LogP contribution >= 0.6 is 0 Å². The van der Waals surface area contributed by atoms with Crippen molar-refractivity contribution in [2.75, 3.05) is 6.54 Å². The molecule has 0 aliphatic carbocycles. The van der Waals surface area contributed by atoms with Crippen molar-refractivity contribution in [3.63, 3.8) is 0 Å². The summed E-state index contributed by atoms with van der Waals surface area (Å²) in [6.45, 7) is 4.23. The monoisotopic (exact) mass is 264 g/mol. The highest BCUT2D eigenvalue weighted by Gasteiger charge is 2.38. The van der Waals surface area contributed by atoms with Crippen molar-refractivity contribution in [1.29, 1.82) is 0 Å². The average Bonchev–Trinajstić information content (AvgIpc) is 2.55. The average molecular weight is 264 g/mol. The summed E-state index contributed by atoms with van der Waals surface area (Å²) < 4.78 is 13.9. The molecule has 1 aromatic rings. The number of benzene rings is 1. The van der Waals surface area contributed by atoms with Gasteiger partial charge in [0.25, 0.3) is 5.91 Å². The lowest BCUT2D eigenvalue weighted by Crippen LogP contribution is -2.35. The molecule has 1 heterocycles. The lowest BCUT2D eigenvalue weighted by Gasteiger charge is -2.27. The Kier molecular flexibility index (Phi) is 3.55. The highest BCUT2D eigenvalue weighted by atomic mass is 19.1. The van der Waals surface area contributed by atoms with Gasteiger partial charge in [0.1, 0.15) is 5.82 Å². The zero-order chi connectivity index (χ0) is 14.2. The molecule has 1 aromatic carbocycles. The van der Waals surface area contributed by atoms with Crippen LogP contribution in [0.3, 0.4) is 0 Å². The molecule has 1 unspecified atom stereocenters. The van der Waals surface area contributed by atoms with Crippen molar-refractivity contribution in [3.8, 4) is 0 Å². The first-order valence-corrected chi connectivity index (χ1v) is 6.21. The number of aliphatic carboxylic acids is 1. The fraction of sp³-hybridized carbons (Fsp3) is 0.429. The fourth-order valence-electron chi connectivity index (χ4n) is 2.49. The van der Waals surface area contributed by atoms with Crippen molar-refractivity contribution >= 4 is 11.9 Å². The van der Waals surface area contributed by atoms with E-state index in [0.717, 1.165) is 0 Å². The predicted octanol–water partition coefficient (Wildman–Crippen LogP) is 1.12. The summed E-state index contributed by atoms with van der Waals surface area (Å²) in [6, 6.07) is 3.47. The van der Waals surface area contributed by atoms with Crippen LogP contribution in [0.1, 0.15) is 42.2 Å². The third kappa shape index (κ3) is 2.45. The van der Waals surface area contributed by atoms with E-state index in [1.165, 1.54) is 23.1 Å². The van der Waals surface area contributed by atoms with Crippen LogP contribution < -0.4 is 5.11 Å². The maximum Gasteiger partial charge on any atom is 0.254 e. The number of amides is 1. The first-order chi connectivity index (χ1) is 8.91. The van der Waals surface area contributed by atoms with Gasteiger partial charge >= 0.3 is 0 Å². The molecule has 0 radical (unpaired) electrons. The largest absolute Gasteiger partial charge is 0.550 e. The second-order valence-electron chi connectivity index (χ2n) is 5.14. The molecular formula is C14H15FNO3-. The minimum absolute atomic E-state index is 0.172. The normalized spacial score (nSPS) is 18.0. The van der Waals surface area contributed by atoms with Crippen LogP contribution in [-0.4, -0.2) is 23.3 Å². The van der Waals surface area contributed by atoms with Crippen molar-refractivity contribution in [3.05, 3.63) is 35.1 Å². The first-order valence-electron chi connectivity index (χ1n) is 6.21. The summed E-state index contributed by atoms with van der Waals surface area (Å²) in [6.07, 6.45) is -0.383. The number of rotatable bonds is 4. The third-order valence-corrected chi connectivity index (χ3v) is 3.18. The Morgan fingerprint density at radius 1 is 1.47 bits per heavy atom. The summed E-state index contributed by atoms with van der Waals surface area (Å²) >= 11 is 0. The summed E-state index contributed by atoms with van der Waals surface area (Å²) in [7, 11) is 0. The van der Waals surface area contributed by atoms with Gasteiger partial charge in [0.2, 0.25) is 0 Å². The van der Waals surface area contributed by atoms with Gasteiger partial charge in [0.05, 0.1) is 6.04 Å². The fourth-order valence-corrected chi connectivity index (χ4v) is 2.49. The Labute approximate surface area is 110 Å². The van der Waals surface area contributed by atoms with Gasteiger partial charge in [-0.3, -0.25) is 4.79 Å². The van der Waals surface area contributed by atoms with Crippen LogP contribution in [0.5, 0.6) is 0 Å². The molecular weight excluding hydrogens is 249 g/mol. The van der Waals surface area contributed by atoms with E-state index in [4.69, 9.17) is 0 Å². The number of halogens is 1. The number of hydrogen-bond acceptors (Lipinski definition) is 3. The van der Waals surface area contributed by atoms with Crippen molar-refractivity contribution < 1.29 is 19.1 Å². The number of carbonyl (C=O) groups is 2. The van der Waals surface area contributed by atoms with Crippen LogP contribution in [0.25, 0.3) is 0 Å². The maximum absolute atomic E-state index is 13.9. The summed E-state index contributed by atoms with van der Waals surface area (Å²) in [4.78, 5) is 24.5. The Morgan fingerprint density at radius 2 is 2.16 bits per heavy atom. The van der Waals surface area contributed by atoms with Crippen LogP contribution in [0.2, 0.25) is 0 Å². The van der Waals surface area contributed by atoms with E-state index in [2.05, 4.69) is 0 Å². The van der Waals surface area contributed by atoms with Gasteiger partial charge in [0.15, 0.2) is 0 Å². The molecule has 0 spiro atoms. The molecule has 1 aliphatic heterocycles. The van der Waals surface area contributed by atoms with Gasteiger partial charge in [0, 0.05) is 30.1 Å². The number of carboxylic acid groups (broad SMARTS) is 1. The van der Waals surface area contributed by atoms with E-state index in [9.17, 15) is 19.1 Å². The van der Waals surface area contributed by atoms with E-state index in [1.807, 2.05) is 13.8 Å². The second kappa shape index (κ2) is 4.99. The van der Waals surface area contributed by atoms with Crippen LogP contribution in [0.15, 0.2) is 18.2 Å². The van der Waals surface area contributed by atoms with Crippen LogP contribution in [-0.2, 0) is 4.79 Å². The molecule has 102 valence electrons. The zero-order valence-corrected chi connectivity index (χ0v) is 10.9. The molecule has 1 amide bonds. The van der Waals surface area contributed by atoms with Gasteiger partial charge in [-0.2, -0.15) is 0 Å². The van der Waals surface area contributed by atoms with Gasteiger partial charge in [-0.15, -0.1) is 0 Å². The quantitative estimate of drug-likeness (QED) is 0.818. The van der Waals surface area contributed by atoms with Gasteiger partial charge in [-0.1, -0.05) is 19.9 Å².